The van der Waals surface area contributed by atoms with Gasteiger partial charge in [0.25, 0.3) is 0 Å². The van der Waals surface area contributed by atoms with E-state index in [0.29, 0.717) is 19.0 Å². The smallest absolute Gasteiger partial charge is 0.410 e. The molecule has 23 heavy (non-hydrogen) atoms. The Hall–Kier alpha value is -0.750. The van der Waals surface area contributed by atoms with Gasteiger partial charge in [0.05, 0.1) is 5.69 Å². The first-order chi connectivity index (χ1) is 10.7. The van der Waals surface area contributed by atoms with Gasteiger partial charge in [0.1, 0.15) is 5.60 Å². The minimum atomic E-state index is -0.461. The van der Waals surface area contributed by atoms with E-state index in [1.54, 1.807) is 0 Å². The number of amides is 1. The first-order valence-electron chi connectivity index (χ1n) is 7.87. The highest BCUT2D eigenvalue weighted by atomic mass is 79.9. The summed E-state index contributed by atoms with van der Waals surface area (Å²) in [7, 11) is 2.11. The van der Waals surface area contributed by atoms with E-state index in [1.165, 1.54) is 16.8 Å². The van der Waals surface area contributed by atoms with Crippen LogP contribution in [0.4, 0.5) is 10.5 Å². The molecule has 1 aromatic rings. The highest BCUT2D eigenvalue weighted by Gasteiger charge is 2.37. The molecule has 0 bridgehead atoms. The summed E-state index contributed by atoms with van der Waals surface area (Å²) in [5.41, 5.74) is 3.50. The molecule has 1 atom stereocenters. The summed E-state index contributed by atoms with van der Waals surface area (Å²) in [6.45, 7) is 8.06. The summed E-state index contributed by atoms with van der Waals surface area (Å²) >= 11 is 7.39. The van der Waals surface area contributed by atoms with Crippen LogP contribution in [0.2, 0.25) is 0 Å². The average Bonchev–Trinajstić information content (AvgIpc) is 2.61. The van der Waals surface area contributed by atoms with Crippen molar-refractivity contribution < 1.29 is 9.53 Å². The lowest BCUT2D eigenvalue weighted by Gasteiger charge is -2.28. The fraction of sp³-hybridized carbons (Fsp3) is 0.588. The van der Waals surface area contributed by atoms with Crippen LogP contribution in [-0.4, -0.2) is 43.3 Å². The largest absolute Gasteiger partial charge is 0.444 e. The predicted molar refractivity (Wildman–Crippen MR) is 99.4 cm³/mol. The van der Waals surface area contributed by atoms with Crippen LogP contribution in [0.5, 0.6) is 0 Å². The average molecular weight is 446 g/mol. The molecule has 2 aliphatic heterocycles. The summed E-state index contributed by atoms with van der Waals surface area (Å²) in [4.78, 5) is 16.6. The van der Waals surface area contributed by atoms with E-state index >= 15 is 0 Å². The Labute approximate surface area is 154 Å². The fourth-order valence-electron chi connectivity index (χ4n) is 3.51. The second-order valence-corrected chi connectivity index (χ2v) is 9.04. The number of hydrogen-bond donors (Lipinski definition) is 0. The maximum absolute atomic E-state index is 12.5. The first kappa shape index (κ1) is 17.1. The van der Waals surface area contributed by atoms with Gasteiger partial charge in [-0.3, -0.25) is 0 Å². The number of rotatable bonds is 0. The molecule has 2 heterocycles. The fourth-order valence-corrected chi connectivity index (χ4v) is 5.20. The molecule has 3 rings (SSSR count). The Kier molecular flexibility index (Phi) is 4.42. The number of halogens is 2. The number of nitrogens with zero attached hydrogens (tertiary/aromatic N) is 2. The Morgan fingerprint density at radius 1 is 1.26 bits per heavy atom. The van der Waals surface area contributed by atoms with Gasteiger partial charge in [-0.15, -0.1) is 0 Å². The summed E-state index contributed by atoms with van der Waals surface area (Å²) in [6.07, 6.45) is 0.636. The Morgan fingerprint density at radius 3 is 2.61 bits per heavy atom. The van der Waals surface area contributed by atoms with E-state index in [2.05, 4.69) is 49.9 Å². The highest BCUT2D eigenvalue weighted by molar-refractivity contribution is 9.11. The molecule has 0 aliphatic carbocycles. The van der Waals surface area contributed by atoms with Crippen molar-refractivity contribution in [2.75, 3.05) is 31.6 Å². The molecule has 0 saturated heterocycles. The molecule has 126 valence electrons. The standard InChI is InChI=1S/C17H22Br2N2O2/c1-17(2,3)23-16(22)21-6-5-11-12(18)7-13(19)15-14(11)10(9-21)8-20(15)4/h7,10H,5-6,8-9H2,1-4H3/t10-/m1/s1. The zero-order chi connectivity index (χ0) is 16.9. The van der Waals surface area contributed by atoms with Crippen molar-refractivity contribution in [1.29, 1.82) is 0 Å². The van der Waals surface area contributed by atoms with Crippen molar-refractivity contribution in [3.05, 3.63) is 26.1 Å². The number of carbonyl (C=O) groups is 1. The SMILES string of the molecule is CN1C[C@@H]2CN(C(=O)OC(C)(C)C)CCc3c(Br)cc(Br)c1c32. The van der Waals surface area contributed by atoms with Gasteiger partial charge in [-0.05, 0) is 60.3 Å². The zero-order valence-corrected chi connectivity index (χ0v) is 17.1. The number of hydrogen-bond acceptors (Lipinski definition) is 3. The third kappa shape index (κ3) is 3.25. The van der Waals surface area contributed by atoms with Crippen LogP contribution >= 0.6 is 31.9 Å². The molecular weight excluding hydrogens is 424 g/mol. The van der Waals surface area contributed by atoms with Crippen molar-refractivity contribution in [2.24, 2.45) is 0 Å². The number of benzene rings is 1. The van der Waals surface area contributed by atoms with Crippen molar-refractivity contribution in [1.82, 2.24) is 4.90 Å². The molecule has 0 unspecified atom stereocenters. The molecule has 4 nitrogen and oxygen atoms in total. The lowest BCUT2D eigenvalue weighted by Crippen LogP contribution is -2.39. The highest BCUT2D eigenvalue weighted by Crippen LogP contribution is 2.47. The third-order valence-electron chi connectivity index (χ3n) is 4.36. The van der Waals surface area contributed by atoms with Crippen molar-refractivity contribution in [3.63, 3.8) is 0 Å². The summed E-state index contributed by atoms with van der Waals surface area (Å²) in [5, 5.41) is 0. The van der Waals surface area contributed by atoms with E-state index < -0.39 is 5.60 Å². The third-order valence-corrected chi connectivity index (χ3v) is 5.67. The summed E-state index contributed by atoms with van der Waals surface area (Å²) < 4.78 is 7.80. The number of anilines is 1. The quantitative estimate of drug-likeness (QED) is 0.587. The van der Waals surface area contributed by atoms with Crippen LogP contribution in [0, 0.1) is 0 Å². The molecule has 0 saturated carbocycles. The van der Waals surface area contributed by atoms with E-state index in [4.69, 9.17) is 4.74 Å². The van der Waals surface area contributed by atoms with Gasteiger partial charge in [0, 0.05) is 41.5 Å². The van der Waals surface area contributed by atoms with Crippen LogP contribution in [0.15, 0.2) is 15.0 Å². The van der Waals surface area contributed by atoms with Gasteiger partial charge in [-0.25, -0.2) is 4.79 Å². The lowest BCUT2D eigenvalue weighted by molar-refractivity contribution is 0.0248. The number of carbonyl (C=O) groups excluding carboxylic acids is 1. The maximum Gasteiger partial charge on any atom is 0.410 e. The second kappa shape index (κ2) is 5.96. The van der Waals surface area contributed by atoms with Gasteiger partial charge in [0.15, 0.2) is 0 Å². The monoisotopic (exact) mass is 444 g/mol. The topological polar surface area (TPSA) is 32.8 Å². The van der Waals surface area contributed by atoms with Crippen molar-refractivity contribution in [2.45, 2.75) is 38.7 Å². The normalized spacial score (nSPS) is 20.3. The molecule has 1 aromatic carbocycles. The number of ether oxygens (including phenoxy) is 1. The molecule has 6 heteroatoms. The summed E-state index contributed by atoms with van der Waals surface area (Å²) in [6, 6.07) is 2.12. The van der Waals surface area contributed by atoms with Crippen LogP contribution in [0.25, 0.3) is 0 Å². The lowest BCUT2D eigenvalue weighted by atomic mass is 9.95. The van der Waals surface area contributed by atoms with Crippen LogP contribution in [-0.2, 0) is 11.2 Å². The number of likely N-dealkylation sites (N-methyl/N-ethyl adjacent to an activating group) is 1. The van der Waals surface area contributed by atoms with Gasteiger partial charge >= 0.3 is 6.09 Å². The van der Waals surface area contributed by atoms with E-state index in [1.807, 2.05) is 25.7 Å². The maximum atomic E-state index is 12.5. The molecule has 2 aliphatic rings. The van der Waals surface area contributed by atoms with E-state index in [0.717, 1.165) is 21.9 Å². The summed E-state index contributed by atoms with van der Waals surface area (Å²) in [5.74, 6) is 0.328. The Bertz CT molecular complexity index is 655. The molecule has 0 aromatic heterocycles. The van der Waals surface area contributed by atoms with Crippen molar-refractivity contribution >= 4 is 43.6 Å². The van der Waals surface area contributed by atoms with Gasteiger partial charge in [-0.1, -0.05) is 15.9 Å². The van der Waals surface area contributed by atoms with Gasteiger partial charge < -0.3 is 14.5 Å². The Balaban J connectivity index is 1.93. The first-order valence-corrected chi connectivity index (χ1v) is 9.46. The molecule has 1 amide bonds. The van der Waals surface area contributed by atoms with E-state index in [-0.39, 0.29) is 6.09 Å². The molecule has 0 radical (unpaired) electrons. The van der Waals surface area contributed by atoms with Crippen molar-refractivity contribution in [3.8, 4) is 0 Å². The molecular formula is C17H22Br2N2O2. The minimum absolute atomic E-state index is 0.211. The molecule has 0 N–H and O–H groups in total. The van der Waals surface area contributed by atoms with Gasteiger partial charge in [-0.2, -0.15) is 0 Å². The second-order valence-electron chi connectivity index (χ2n) is 7.33. The van der Waals surface area contributed by atoms with Crippen LogP contribution < -0.4 is 4.90 Å². The van der Waals surface area contributed by atoms with Crippen LogP contribution in [0.1, 0.15) is 37.8 Å². The Morgan fingerprint density at radius 2 is 1.96 bits per heavy atom. The predicted octanol–water partition coefficient (Wildman–Crippen LogP) is 4.54. The van der Waals surface area contributed by atoms with Gasteiger partial charge in [0.2, 0.25) is 0 Å². The van der Waals surface area contributed by atoms with E-state index in [9.17, 15) is 4.79 Å². The van der Waals surface area contributed by atoms with Crippen LogP contribution in [0.3, 0.4) is 0 Å². The molecule has 0 spiro atoms. The minimum Gasteiger partial charge on any atom is -0.444 e. The zero-order valence-electron chi connectivity index (χ0n) is 13.9. The molecule has 0 fully saturated rings.